The minimum absolute atomic E-state index is 0.211. The fraction of sp³-hybridized carbons (Fsp3) is 0.414. The number of hydrogen-bond acceptors (Lipinski definition) is 5. The molecular formula is C29H33BrFN3O3. The molecule has 0 bridgehead atoms. The highest BCUT2D eigenvalue weighted by molar-refractivity contribution is 9.10. The maximum Gasteiger partial charge on any atom is 0.187 e. The molecule has 2 aliphatic rings. The fourth-order valence-electron chi connectivity index (χ4n) is 5.59. The summed E-state index contributed by atoms with van der Waals surface area (Å²) in [5.41, 5.74) is 1.82. The van der Waals surface area contributed by atoms with E-state index in [1.165, 1.54) is 40.7 Å². The van der Waals surface area contributed by atoms with E-state index in [0.29, 0.717) is 44.0 Å². The van der Waals surface area contributed by atoms with E-state index in [1.54, 1.807) is 6.20 Å². The quantitative estimate of drug-likeness (QED) is 0.280. The molecule has 0 saturated carbocycles. The Kier molecular flexibility index (Phi) is 7.81. The van der Waals surface area contributed by atoms with Gasteiger partial charge >= 0.3 is 0 Å². The first-order valence-corrected chi connectivity index (χ1v) is 13.7. The number of nitrogens with one attached hydrogen (secondary N) is 1. The molecule has 6 nitrogen and oxygen atoms in total. The Morgan fingerprint density at radius 2 is 1.89 bits per heavy atom. The second kappa shape index (κ2) is 11.1. The SMILES string of the molecule is O=C(C=CN1CCC(O)(C(O)CN2CCC(c3c[nH]c4ccccc34)CC2)CC1)c1ccc(F)c(Br)c1. The molecule has 1 aromatic heterocycles. The van der Waals surface area contributed by atoms with Gasteiger partial charge < -0.3 is 25.0 Å². The number of nitrogens with zero attached hydrogens (tertiary/aromatic N) is 2. The number of aliphatic hydroxyl groups excluding tert-OH is 1. The highest BCUT2D eigenvalue weighted by Gasteiger charge is 2.39. The third kappa shape index (κ3) is 5.82. The van der Waals surface area contributed by atoms with Crippen molar-refractivity contribution < 1.29 is 19.4 Å². The van der Waals surface area contributed by atoms with Crippen molar-refractivity contribution in [3.63, 3.8) is 0 Å². The number of hydrogen-bond donors (Lipinski definition) is 3. The number of allylic oxidation sites excluding steroid dienone is 1. The van der Waals surface area contributed by atoms with Crippen LogP contribution < -0.4 is 0 Å². The van der Waals surface area contributed by atoms with Gasteiger partial charge in [-0.1, -0.05) is 18.2 Å². The van der Waals surface area contributed by atoms with Crippen LogP contribution in [-0.2, 0) is 0 Å². The molecule has 2 aromatic carbocycles. The Morgan fingerprint density at radius 1 is 1.16 bits per heavy atom. The molecule has 0 amide bonds. The maximum absolute atomic E-state index is 13.4. The molecule has 8 heteroatoms. The van der Waals surface area contributed by atoms with Crippen molar-refractivity contribution in [2.75, 3.05) is 32.7 Å². The Balaban J connectivity index is 1.09. The zero-order valence-corrected chi connectivity index (χ0v) is 22.3. The molecule has 0 aliphatic carbocycles. The summed E-state index contributed by atoms with van der Waals surface area (Å²) in [7, 11) is 0. The van der Waals surface area contributed by atoms with Gasteiger partial charge in [0.1, 0.15) is 5.82 Å². The van der Waals surface area contributed by atoms with Crippen LogP contribution in [0.3, 0.4) is 0 Å². The lowest BCUT2D eigenvalue weighted by atomic mass is 9.84. The van der Waals surface area contributed by atoms with Gasteiger partial charge in [0, 0.05) is 54.6 Å². The van der Waals surface area contributed by atoms with Crippen LogP contribution in [0.1, 0.15) is 47.5 Å². The Morgan fingerprint density at radius 3 is 2.62 bits per heavy atom. The normalized spacial score (nSPS) is 20.1. The first kappa shape index (κ1) is 26.1. The number of carbonyl (C=O) groups is 1. The number of aliphatic hydroxyl groups is 2. The standard InChI is InChI=1S/C29H33BrFN3O3/c30-24-17-21(5-6-25(24)31)27(35)9-14-33-15-10-29(37,11-16-33)28(36)19-34-12-7-20(8-13-34)23-18-32-26-4-2-1-3-22(23)26/h1-6,9,14,17-18,20,28,32,36-37H,7-8,10-13,15-16,19H2. The molecule has 1 atom stereocenters. The van der Waals surface area contributed by atoms with Gasteiger partial charge in [-0.25, -0.2) is 4.39 Å². The summed E-state index contributed by atoms with van der Waals surface area (Å²) in [6, 6.07) is 12.6. The van der Waals surface area contributed by atoms with E-state index in [9.17, 15) is 19.4 Å². The minimum atomic E-state index is -1.14. The fourth-order valence-corrected chi connectivity index (χ4v) is 5.96. The predicted octanol–water partition coefficient (Wildman–Crippen LogP) is 4.83. The Hall–Kier alpha value is -2.52. The molecule has 3 aromatic rings. The van der Waals surface area contributed by atoms with Crippen LogP contribution in [0.5, 0.6) is 0 Å². The van der Waals surface area contributed by atoms with Gasteiger partial charge in [-0.3, -0.25) is 4.79 Å². The molecule has 3 heterocycles. The summed E-state index contributed by atoms with van der Waals surface area (Å²) < 4.78 is 13.7. The van der Waals surface area contributed by atoms with Gasteiger partial charge in [0.15, 0.2) is 5.78 Å². The van der Waals surface area contributed by atoms with Crippen LogP contribution in [0.25, 0.3) is 10.9 Å². The number of β-amino-alcohol motifs (C(OH)–C–C–N with tert-alkyl or cyclic N) is 1. The van der Waals surface area contributed by atoms with Crippen LogP contribution in [0.15, 0.2) is 65.4 Å². The number of fused-ring (bicyclic) bond motifs is 1. The Labute approximate surface area is 224 Å². The second-order valence-electron chi connectivity index (χ2n) is 10.3. The molecule has 0 radical (unpaired) electrons. The number of piperidine rings is 2. The Bertz CT molecular complexity index is 1280. The van der Waals surface area contributed by atoms with Crippen molar-refractivity contribution >= 4 is 32.6 Å². The number of ketones is 1. The summed E-state index contributed by atoms with van der Waals surface area (Å²) in [5.74, 6) is -0.118. The summed E-state index contributed by atoms with van der Waals surface area (Å²) in [6.45, 7) is 3.35. The number of H-pyrrole nitrogens is 1. The van der Waals surface area contributed by atoms with Crippen LogP contribution >= 0.6 is 15.9 Å². The minimum Gasteiger partial charge on any atom is -0.389 e. The summed E-state index contributed by atoms with van der Waals surface area (Å²) >= 11 is 3.11. The van der Waals surface area contributed by atoms with E-state index >= 15 is 0 Å². The molecular weight excluding hydrogens is 537 g/mol. The molecule has 2 fully saturated rings. The lowest BCUT2D eigenvalue weighted by molar-refractivity contribution is -0.114. The average Bonchev–Trinajstić information content (AvgIpc) is 3.34. The number of carbonyl (C=O) groups excluding carboxylic acids is 1. The number of aromatic amines is 1. The largest absolute Gasteiger partial charge is 0.389 e. The van der Waals surface area contributed by atoms with Gasteiger partial charge in [0.05, 0.1) is 16.2 Å². The summed E-state index contributed by atoms with van der Waals surface area (Å²) in [5, 5.41) is 23.4. The lowest BCUT2D eigenvalue weighted by Gasteiger charge is -2.43. The molecule has 196 valence electrons. The first-order chi connectivity index (χ1) is 17.8. The van der Waals surface area contributed by atoms with E-state index < -0.39 is 17.5 Å². The van der Waals surface area contributed by atoms with E-state index in [4.69, 9.17) is 0 Å². The van der Waals surface area contributed by atoms with Gasteiger partial charge in [0.25, 0.3) is 0 Å². The third-order valence-corrected chi connectivity index (χ3v) is 8.61. The summed E-state index contributed by atoms with van der Waals surface area (Å²) in [4.78, 5) is 20.0. The van der Waals surface area contributed by atoms with Gasteiger partial charge in [-0.05, 0) is 90.4 Å². The monoisotopic (exact) mass is 569 g/mol. The van der Waals surface area contributed by atoms with Crippen molar-refractivity contribution in [3.8, 4) is 0 Å². The number of halogens is 2. The number of likely N-dealkylation sites (tertiary alicyclic amines) is 2. The average molecular weight is 571 g/mol. The van der Waals surface area contributed by atoms with E-state index in [-0.39, 0.29) is 10.3 Å². The van der Waals surface area contributed by atoms with Crippen molar-refractivity contribution in [1.82, 2.24) is 14.8 Å². The molecule has 5 rings (SSSR count). The molecule has 2 saturated heterocycles. The van der Waals surface area contributed by atoms with Crippen LogP contribution in [0, 0.1) is 5.82 Å². The highest BCUT2D eigenvalue weighted by Crippen LogP contribution is 2.34. The maximum atomic E-state index is 13.4. The number of benzene rings is 2. The summed E-state index contributed by atoms with van der Waals surface area (Å²) in [6.07, 6.45) is 7.44. The van der Waals surface area contributed by atoms with Crippen molar-refractivity contribution in [3.05, 3.63) is 82.4 Å². The molecule has 2 aliphatic heterocycles. The highest BCUT2D eigenvalue weighted by atomic mass is 79.9. The van der Waals surface area contributed by atoms with Crippen molar-refractivity contribution in [1.29, 1.82) is 0 Å². The number of rotatable bonds is 7. The molecule has 1 unspecified atom stereocenters. The van der Waals surface area contributed by atoms with Gasteiger partial charge in [-0.15, -0.1) is 0 Å². The number of aromatic nitrogens is 1. The molecule has 37 heavy (non-hydrogen) atoms. The smallest absolute Gasteiger partial charge is 0.187 e. The van der Waals surface area contributed by atoms with Crippen LogP contribution in [0.2, 0.25) is 0 Å². The zero-order chi connectivity index (χ0) is 26.0. The lowest BCUT2D eigenvalue weighted by Crippen LogP contribution is -2.54. The topological polar surface area (TPSA) is 79.8 Å². The van der Waals surface area contributed by atoms with E-state index in [2.05, 4.69) is 50.2 Å². The molecule has 3 N–H and O–H groups in total. The predicted molar refractivity (Wildman–Crippen MR) is 146 cm³/mol. The van der Waals surface area contributed by atoms with Crippen molar-refractivity contribution in [2.24, 2.45) is 0 Å². The van der Waals surface area contributed by atoms with Crippen molar-refractivity contribution in [2.45, 2.75) is 43.3 Å². The second-order valence-corrected chi connectivity index (χ2v) is 11.2. The zero-order valence-electron chi connectivity index (χ0n) is 20.7. The van der Waals surface area contributed by atoms with Crippen LogP contribution in [-0.4, -0.2) is 75.2 Å². The van der Waals surface area contributed by atoms with Gasteiger partial charge in [-0.2, -0.15) is 0 Å². The van der Waals surface area contributed by atoms with E-state index in [1.807, 2.05) is 11.0 Å². The van der Waals surface area contributed by atoms with Crippen LogP contribution in [0.4, 0.5) is 4.39 Å². The van der Waals surface area contributed by atoms with Gasteiger partial charge in [0.2, 0.25) is 0 Å². The molecule has 0 spiro atoms. The van der Waals surface area contributed by atoms with E-state index in [0.717, 1.165) is 25.9 Å². The first-order valence-electron chi connectivity index (χ1n) is 12.9. The number of para-hydroxylation sites is 1. The third-order valence-electron chi connectivity index (χ3n) is 8.00.